The predicted molar refractivity (Wildman–Crippen MR) is 134 cm³/mol. The van der Waals surface area contributed by atoms with Gasteiger partial charge in [0.2, 0.25) is 5.95 Å². The highest BCUT2D eigenvalue weighted by Crippen LogP contribution is 2.23. The lowest BCUT2D eigenvalue weighted by molar-refractivity contribution is 0.102. The maximum absolute atomic E-state index is 12.7. The fourth-order valence-corrected chi connectivity index (χ4v) is 3.79. The van der Waals surface area contributed by atoms with Crippen molar-refractivity contribution in [1.29, 1.82) is 0 Å². The molecule has 1 heterocycles. The highest BCUT2D eigenvalue weighted by atomic mass is 16.5. The van der Waals surface area contributed by atoms with E-state index in [1.807, 2.05) is 41.0 Å². The van der Waals surface area contributed by atoms with Crippen LogP contribution in [-0.4, -0.2) is 22.1 Å². The van der Waals surface area contributed by atoms with Gasteiger partial charge in [0.05, 0.1) is 17.6 Å². The number of aromatic nitrogens is 2. The molecule has 6 heteroatoms. The number of nitrogens with one attached hydrogen (secondary N) is 1. The van der Waals surface area contributed by atoms with Crippen molar-refractivity contribution in [3.05, 3.63) is 83.9 Å². The average Bonchev–Trinajstić information content (AvgIpc) is 3.14. The minimum Gasteiger partial charge on any atom is -0.494 e. The van der Waals surface area contributed by atoms with E-state index >= 15 is 0 Å². The fourth-order valence-electron chi connectivity index (χ4n) is 3.79. The van der Waals surface area contributed by atoms with Gasteiger partial charge in [0, 0.05) is 17.8 Å². The lowest BCUT2D eigenvalue weighted by atomic mass is 10.1. The van der Waals surface area contributed by atoms with Crippen LogP contribution in [0.25, 0.3) is 11.0 Å². The number of fused-ring (bicyclic) bond motifs is 1. The number of nitrogens with zero attached hydrogens (tertiary/aromatic N) is 2. The minimum atomic E-state index is -0.176. The number of amides is 1. The molecule has 0 saturated carbocycles. The summed E-state index contributed by atoms with van der Waals surface area (Å²) in [4.78, 5) is 17.2. The molecule has 0 bridgehead atoms. The number of hydrogen-bond donors (Lipinski definition) is 2. The molecule has 1 aromatic heterocycles. The van der Waals surface area contributed by atoms with E-state index in [2.05, 4.69) is 41.5 Å². The summed E-state index contributed by atoms with van der Waals surface area (Å²) in [5.74, 6) is 1.08. The number of benzene rings is 3. The Balaban J connectivity index is 1.39. The molecule has 3 N–H and O–H groups in total. The number of nitrogen functional groups attached to an aromatic ring is 1. The van der Waals surface area contributed by atoms with E-state index in [-0.39, 0.29) is 5.91 Å². The standard InChI is InChI=1S/C27H30N4O2/c1-2-3-18-33-23-14-11-21(12-15-23)26(32)29-22-13-16-25-24(19-22)30-27(28)31(25)17-7-10-20-8-5-4-6-9-20/h4-6,8-9,11-16,19H,2-3,7,10,17-18H2,1H3,(H2,28,30)(H,29,32). The normalized spacial score (nSPS) is 10.9. The third kappa shape index (κ3) is 5.71. The molecule has 170 valence electrons. The van der Waals surface area contributed by atoms with Gasteiger partial charge in [0.15, 0.2) is 0 Å². The fraction of sp³-hybridized carbons (Fsp3) is 0.259. The quantitative estimate of drug-likeness (QED) is 0.310. The Morgan fingerprint density at radius 2 is 1.82 bits per heavy atom. The highest BCUT2D eigenvalue weighted by molar-refractivity contribution is 6.05. The summed E-state index contributed by atoms with van der Waals surface area (Å²) in [5, 5.41) is 2.95. The van der Waals surface area contributed by atoms with Crippen molar-refractivity contribution in [2.75, 3.05) is 17.7 Å². The van der Waals surface area contributed by atoms with Gasteiger partial charge in [-0.25, -0.2) is 4.98 Å². The highest BCUT2D eigenvalue weighted by Gasteiger charge is 2.11. The number of unbranched alkanes of at least 4 members (excludes halogenated alkanes) is 1. The first kappa shape index (κ1) is 22.4. The van der Waals surface area contributed by atoms with Crippen molar-refractivity contribution in [2.45, 2.75) is 39.2 Å². The summed E-state index contributed by atoms with van der Waals surface area (Å²) in [6.45, 7) is 3.60. The summed E-state index contributed by atoms with van der Waals surface area (Å²) in [6, 6.07) is 23.3. The Bertz CT molecular complexity index is 1200. The van der Waals surface area contributed by atoms with Gasteiger partial charge in [-0.2, -0.15) is 0 Å². The molecule has 0 radical (unpaired) electrons. The SMILES string of the molecule is CCCCOc1ccc(C(=O)Nc2ccc3c(c2)nc(N)n3CCCc2ccccc2)cc1. The van der Waals surface area contributed by atoms with Gasteiger partial charge in [0.1, 0.15) is 5.75 Å². The largest absolute Gasteiger partial charge is 0.494 e. The molecular weight excluding hydrogens is 412 g/mol. The molecule has 0 atom stereocenters. The van der Waals surface area contributed by atoms with E-state index in [4.69, 9.17) is 10.5 Å². The summed E-state index contributed by atoms with van der Waals surface area (Å²) in [6.07, 6.45) is 4.05. The average molecular weight is 443 g/mol. The van der Waals surface area contributed by atoms with Gasteiger partial charge >= 0.3 is 0 Å². The Kier molecular flexibility index (Phi) is 7.25. The van der Waals surface area contributed by atoms with Gasteiger partial charge in [-0.15, -0.1) is 0 Å². The van der Waals surface area contributed by atoms with Crippen LogP contribution >= 0.6 is 0 Å². The number of aryl methyl sites for hydroxylation is 2. The zero-order valence-electron chi connectivity index (χ0n) is 19.0. The molecule has 0 aliphatic carbocycles. The number of hydrogen-bond acceptors (Lipinski definition) is 4. The topological polar surface area (TPSA) is 82.2 Å². The van der Waals surface area contributed by atoms with Crippen molar-refractivity contribution >= 4 is 28.6 Å². The van der Waals surface area contributed by atoms with Crippen LogP contribution in [0.3, 0.4) is 0 Å². The Labute approximate surface area is 194 Å². The van der Waals surface area contributed by atoms with E-state index in [0.717, 1.165) is 49.0 Å². The molecule has 0 unspecified atom stereocenters. The molecule has 4 rings (SSSR count). The van der Waals surface area contributed by atoms with E-state index in [0.29, 0.717) is 23.8 Å². The van der Waals surface area contributed by atoms with Crippen molar-refractivity contribution in [2.24, 2.45) is 0 Å². The smallest absolute Gasteiger partial charge is 0.255 e. The first-order chi connectivity index (χ1) is 16.1. The number of nitrogens with two attached hydrogens (primary N) is 1. The van der Waals surface area contributed by atoms with Gasteiger partial charge in [0.25, 0.3) is 5.91 Å². The minimum absolute atomic E-state index is 0.176. The molecule has 3 aromatic carbocycles. The number of rotatable bonds is 10. The summed E-state index contributed by atoms with van der Waals surface area (Å²) in [7, 11) is 0. The Hall–Kier alpha value is -3.80. The number of carbonyl (C=O) groups is 1. The Morgan fingerprint density at radius 3 is 2.58 bits per heavy atom. The van der Waals surface area contributed by atoms with Crippen LogP contribution in [0.2, 0.25) is 0 Å². The predicted octanol–water partition coefficient (Wildman–Crippen LogP) is 5.68. The van der Waals surface area contributed by atoms with Crippen LogP contribution in [0, 0.1) is 0 Å². The second-order valence-electron chi connectivity index (χ2n) is 8.09. The number of ether oxygens (including phenoxy) is 1. The van der Waals surface area contributed by atoms with E-state index in [9.17, 15) is 4.79 Å². The molecule has 33 heavy (non-hydrogen) atoms. The van der Waals surface area contributed by atoms with Crippen LogP contribution in [0.15, 0.2) is 72.8 Å². The molecule has 0 saturated heterocycles. The summed E-state index contributed by atoms with van der Waals surface area (Å²) in [5.41, 5.74) is 10.5. The monoisotopic (exact) mass is 442 g/mol. The Morgan fingerprint density at radius 1 is 1.03 bits per heavy atom. The van der Waals surface area contributed by atoms with Crippen molar-refractivity contribution in [3.63, 3.8) is 0 Å². The maximum Gasteiger partial charge on any atom is 0.255 e. The zero-order valence-corrected chi connectivity index (χ0v) is 19.0. The van der Waals surface area contributed by atoms with Crippen LogP contribution < -0.4 is 15.8 Å². The third-order valence-electron chi connectivity index (χ3n) is 5.61. The van der Waals surface area contributed by atoms with Crippen LogP contribution in [0.1, 0.15) is 42.1 Å². The lowest BCUT2D eigenvalue weighted by Gasteiger charge is -2.09. The van der Waals surface area contributed by atoms with Crippen LogP contribution in [0.4, 0.5) is 11.6 Å². The first-order valence-electron chi connectivity index (χ1n) is 11.5. The van der Waals surface area contributed by atoms with E-state index < -0.39 is 0 Å². The zero-order chi connectivity index (χ0) is 23.0. The molecule has 1 amide bonds. The molecule has 4 aromatic rings. The summed E-state index contributed by atoms with van der Waals surface area (Å²) < 4.78 is 7.69. The number of carbonyl (C=O) groups excluding carboxylic acids is 1. The third-order valence-corrected chi connectivity index (χ3v) is 5.61. The molecular formula is C27H30N4O2. The second kappa shape index (κ2) is 10.7. The molecule has 0 aliphatic heterocycles. The number of anilines is 2. The first-order valence-corrected chi connectivity index (χ1v) is 11.5. The van der Waals surface area contributed by atoms with Crippen molar-refractivity contribution < 1.29 is 9.53 Å². The lowest BCUT2D eigenvalue weighted by Crippen LogP contribution is -2.11. The van der Waals surface area contributed by atoms with Crippen LogP contribution in [0.5, 0.6) is 5.75 Å². The van der Waals surface area contributed by atoms with Gasteiger partial charge in [-0.3, -0.25) is 4.79 Å². The van der Waals surface area contributed by atoms with E-state index in [1.165, 1.54) is 5.56 Å². The molecule has 0 spiro atoms. The molecule has 6 nitrogen and oxygen atoms in total. The summed E-state index contributed by atoms with van der Waals surface area (Å²) >= 11 is 0. The van der Waals surface area contributed by atoms with Gasteiger partial charge in [-0.05, 0) is 67.3 Å². The van der Waals surface area contributed by atoms with Crippen molar-refractivity contribution in [1.82, 2.24) is 9.55 Å². The number of imidazole rings is 1. The molecule has 0 fully saturated rings. The van der Waals surface area contributed by atoms with Gasteiger partial charge < -0.3 is 20.4 Å². The van der Waals surface area contributed by atoms with Crippen LogP contribution in [-0.2, 0) is 13.0 Å². The van der Waals surface area contributed by atoms with Gasteiger partial charge in [-0.1, -0.05) is 43.7 Å². The second-order valence-corrected chi connectivity index (χ2v) is 8.09. The van der Waals surface area contributed by atoms with Crippen molar-refractivity contribution in [3.8, 4) is 5.75 Å². The van der Waals surface area contributed by atoms with E-state index in [1.54, 1.807) is 12.1 Å². The molecule has 0 aliphatic rings. The maximum atomic E-state index is 12.7.